The molecule has 0 aliphatic heterocycles. The van der Waals surface area contributed by atoms with Gasteiger partial charge in [0.05, 0.1) is 0 Å². The van der Waals surface area contributed by atoms with E-state index in [1.807, 2.05) is 24.3 Å². The predicted octanol–water partition coefficient (Wildman–Crippen LogP) is 2.78. The topological polar surface area (TPSA) is 49.3 Å². The van der Waals surface area contributed by atoms with Crippen molar-refractivity contribution in [1.29, 1.82) is 0 Å². The summed E-state index contributed by atoms with van der Waals surface area (Å²) in [4.78, 5) is 12.2. The Morgan fingerprint density at radius 1 is 1.17 bits per heavy atom. The molecular formula is C14H15NO2S. The number of thiophene rings is 1. The molecule has 4 heteroatoms. The summed E-state index contributed by atoms with van der Waals surface area (Å²) in [6, 6.07) is 13.8. The lowest BCUT2D eigenvalue weighted by Gasteiger charge is -2.03. The largest absolute Gasteiger partial charge is 0.477 e. The Balaban J connectivity index is 1.73. The summed E-state index contributed by atoms with van der Waals surface area (Å²) in [6.07, 6.45) is 0.984. The van der Waals surface area contributed by atoms with Crippen LogP contribution < -0.4 is 5.32 Å². The second kappa shape index (κ2) is 6.33. The van der Waals surface area contributed by atoms with Gasteiger partial charge in [-0.1, -0.05) is 30.3 Å². The van der Waals surface area contributed by atoms with Crippen LogP contribution in [0.2, 0.25) is 0 Å². The molecule has 2 rings (SSSR count). The number of hydrogen-bond donors (Lipinski definition) is 2. The zero-order valence-corrected chi connectivity index (χ0v) is 10.7. The molecule has 0 fully saturated rings. The van der Waals surface area contributed by atoms with Crippen LogP contribution in [0.1, 0.15) is 20.1 Å². The molecule has 3 nitrogen and oxygen atoms in total. The standard InChI is InChI=1S/C14H15NO2S/c16-14(17)13-7-6-12(18-13)10-15-9-8-11-4-2-1-3-5-11/h1-7,15H,8-10H2,(H,16,17). The third kappa shape index (κ3) is 3.68. The molecule has 1 heterocycles. The molecule has 94 valence electrons. The van der Waals surface area contributed by atoms with Gasteiger partial charge in [-0.05, 0) is 30.7 Å². The number of aromatic carboxylic acids is 1. The molecule has 0 unspecified atom stereocenters. The third-order valence-electron chi connectivity index (χ3n) is 2.60. The van der Waals surface area contributed by atoms with Crippen molar-refractivity contribution in [2.24, 2.45) is 0 Å². The summed E-state index contributed by atoms with van der Waals surface area (Å²) in [5.74, 6) is -0.851. The zero-order valence-electron chi connectivity index (χ0n) is 9.93. The first-order valence-corrected chi connectivity index (χ1v) is 6.64. The molecule has 0 radical (unpaired) electrons. The number of carbonyl (C=O) groups is 1. The van der Waals surface area contributed by atoms with Crippen molar-refractivity contribution >= 4 is 17.3 Å². The fourth-order valence-corrected chi connectivity index (χ4v) is 2.49. The Morgan fingerprint density at radius 2 is 1.94 bits per heavy atom. The first-order valence-electron chi connectivity index (χ1n) is 5.82. The van der Waals surface area contributed by atoms with Gasteiger partial charge in [0.15, 0.2) is 0 Å². The van der Waals surface area contributed by atoms with E-state index in [4.69, 9.17) is 5.11 Å². The van der Waals surface area contributed by atoms with Crippen LogP contribution in [0.15, 0.2) is 42.5 Å². The van der Waals surface area contributed by atoms with Gasteiger partial charge in [-0.2, -0.15) is 0 Å². The molecule has 0 bridgehead atoms. The predicted molar refractivity (Wildman–Crippen MR) is 73.1 cm³/mol. The lowest BCUT2D eigenvalue weighted by atomic mass is 10.1. The quantitative estimate of drug-likeness (QED) is 0.786. The first-order chi connectivity index (χ1) is 8.75. The van der Waals surface area contributed by atoms with Crippen LogP contribution in [0.3, 0.4) is 0 Å². The van der Waals surface area contributed by atoms with E-state index < -0.39 is 5.97 Å². The zero-order chi connectivity index (χ0) is 12.8. The highest BCUT2D eigenvalue weighted by Gasteiger charge is 2.06. The van der Waals surface area contributed by atoms with Crippen LogP contribution in [0.5, 0.6) is 0 Å². The molecule has 0 amide bonds. The van der Waals surface area contributed by atoms with Crippen LogP contribution >= 0.6 is 11.3 Å². The summed E-state index contributed by atoms with van der Waals surface area (Å²) in [5, 5.41) is 12.1. The Hall–Kier alpha value is -1.65. The van der Waals surface area contributed by atoms with Gasteiger partial charge in [-0.3, -0.25) is 0 Å². The van der Waals surface area contributed by atoms with Crippen molar-refractivity contribution in [3.63, 3.8) is 0 Å². The van der Waals surface area contributed by atoms with Crippen molar-refractivity contribution in [2.75, 3.05) is 6.54 Å². The summed E-state index contributed by atoms with van der Waals surface area (Å²) >= 11 is 1.33. The number of rotatable bonds is 6. The number of benzene rings is 1. The molecule has 0 saturated heterocycles. The van der Waals surface area contributed by atoms with Gasteiger partial charge in [0.1, 0.15) is 4.88 Å². The summed E-state index contributed by atoms with van der Waals surface area (Å²) < 4.78 is 0. The van der Waals surface area contributed by atoms with Gasteiger partial charge in [0.25, 0.3) is 0 Å². The molecule has 0 spiro atoms. The Bertz CT molecular complexity index is 508. The van der Waals surface area contributed by atoms with Crippen LogP contribution in [-0.4, -0.2) is 17.6 Å². The normalized spacial score (nSPS) is 10.4. The fraction of sp³-hybridized carbons (Fsp3) is 0.214. The minimum Gasteiger partial charge on any atom is -0.477 e. The third-order valence-corrected chi connectivity index (χ3v) is 3.68. The monoisotopic (exact) mass is 261 g/mol. The molecule has 0 saturated carbocycles. The summed E-state index contributed by atoms with van der Waals surface area (Å²) in [7, 11) is 0. The Labute approximate surface area is 110 Å². The second-order valence-corrected chi connectivity index (χ2v) is 5.15. The van der Waals surface area contributed by atoms with E-state index in [2.05, 4.69) is 17.4 Å². The number of hydrogen-bond acceptors (Lipinski definition) is 3. The van der Waals surface area contributed by atoms with Gasteiger partial charge in [-0.25, -0.2) is 4.79 Å². The minimum absolute atomic E-state index is 0.398. The highest BCUT2D eigenvalue weighted by Crippen LogP contribution is 2.15. The number of nitrogens with one attached hydrogen (secondary N) is 1. The molecule has 0 aliphatic carbocycles. The lowest BCUT2D eigenvalue weighted by molar-refractivity contribution is 0.0702. The van der Waals surface area contributed by atoms with Gasteiger partial charge in [-0.15, -0.1) is 11.3 Å². The van der Waals surface area contributed by atoms with Crippen LogP contribution in [0.25, 0.3) is 0 Å². The van der Waals surface area contributed by atoms with Gasteiger partial charge >= 0.3 is 5.97 Å². The van der Waals surface area contributed by atoms with E-state index in [1.165, 1.54) is 16.9 Å². The summed E-state index contributed by atoms with van der Waals surface area (Å²) in [6.45, 7) is 1.62. The van der Waals surface area contributed by atoms with Crippen LogP contribution in [-0.2, 0) is 13.0 Å². The molecule has 1 aromatic heterocycles. The first kappa shape index (κ1) is 12.8. The van der Waals surface area contributed by atoms with E-state index in [0.29, 0.717) is 4.88 Å². The van der Waals surface area contributed by atoms with Gasteiger partial charge < -0.3 is 10.4 Å². The maximum Gasteiger partial charge on any atom is 0.345 e. The molecule has 0 atom stereocenters. The maximum absolute atomic E-state index is 10.7. The van der Waals surface area contributed by atoms with Crippen molar-refractivity contribution in [2.45, 2.75) is 13.0 Å². The van der Waals surface area contributed by atoms with E-state index in [1.54, 1.807) is 6.07 Å². The average molecular weight is 261 g/mol. The molecule has 18 heavy (non-hydrogen) atoms. The SMILES string of the molecule is O=C(O)c1ccc(CNCCc2ccccc2)s1. The highest BCUT2D eigenvalue weighted by atomic mass is 32.1. The van der Waals surface area contributed by atoms with Gasteiger partial charge in [0, 0.05) is 11.4 Å². The maximum atomic E-state index is 10.7. The summed E-state index contributed by atoms with van der Waals surface area (Å²) in [5.41, 5.74) is 1.31. The Morgan fingerprint density at radius 3 is 2.61 bits per heavy atom. The van der Waals surface area contributed by atoms with Crippen LogP contribution in [0, 0.1) is 0 Å². The van der Waals surface area contributed by atoms with Gasteiger partial charge in [0.2, 0.25) is 0 Å². The van der Waals surface area contributed by atoms with E-state index in [9.17, 15) is 4.79 Å². The van der Waals surface area contributed by atoms with Crippen molar-refractivity contribution < 1.29 is 9.90 Å². The highest BCUT2D eigenvalue weighted by molar-refractivity contribution is 7.13. The van der Waals surface area contributed by atoms with E-state index >= 15 is 0 Å². The van der Waals surface area contributed by atoms with E-state index in [-0.39, 0.29) is 0 Å². The molecule has 2 aromatic rings. The molecule has 2 N–H and O–H groups in total. The lowest BCUT2D eigenvalue weighted by Crippen LogP contribution is -2.15. The van der Waals surface area contributed by atoms with Crippen molar-refractivity contribution in [3.05, 3.63) is 57.8 Å². The smallest absolute Gasteiger partial charge is 0.345 e. The second-order valence-electron chi connectivity index (χ2n) is 3.98. The number of carboxylic acid groups (broad SMARTS) is 1. The molecule has 1 aromatic carbocycles. The number of carboxylic acids is 1. The fourth-order valence-electron chi connectivity index (χ4n) is 1.68. The Kier molecular flexibility index (Phi) is 4.50. The average Bonchev–Trinajstić information content (AvgIpc) is 2.85. The molecule has 0 aliphatic rings. The van der Waals surface area contributed by atoms with Crippen LogP contribution in [0.4, 0.5) is 0 Å². The minimum atomic E-state index is -0.851. The van der Waals surface area contributed by atoms with Crippen molar-refractivity contribution in [3.8, 4) is 0 Å². The van der Waals surface area contributed by atoms with Crippen molar-refractivity contribution in [1.82, 2.24) is 5.32 Å². The molecular weight excluding hydrogens is 246 g/mol. The van der Waals surface area contributed by atoms with E-state index in [0.717, 1.165) is 24.4 Å².